The number of carbonyl (C=O) groups is 1. The number of benzene rings is 2. The number of rotatable bonds is 8. The molecule has 1 saturated carbocycles. The van der Waals surface area contributed by atoms with Gasteiger partial charge in [0.05, 0.1) is 36.1 Å². The minimum atomic E-state index is -0.830. The molecule has 0 bridgehead atoms. The average molecular weight is 445 g/mol. The molecule has 1 N–H and O–H groups in total. The smallest absolute Gasteiger partial charge is 0.309 e. The van der Waals surface area contributed by atoms with E-state index in [-0.39, 0.29) is 24.7 Å². The van der Waals surface area contributed by atoms with Gasteiger partial charge in [-0.1, -0.05) is 17.7 Å². The van der Waals surface area contributed by atoms with Crippen LogP contribution in [0.3, 0.4) is 0 Å². The van der Waals surface area contributed by atoms with Gasteiger partial charge in [0.1, 0.15) is 12.4 Å². The van der Waals surface area contributed by atoms with E-state index in [2.05, 4.69) is 0 Å². The van der Waals surface area contributed by atoms with Crippen LogP contribution in [0.15, 0.2) is 51.7 Å². The predicted octanol–water partition coefficient (Wildman–Crippen LogP) is 4.38. The molecule has 3 aromatic rings. The van der Waals surface area contributed by atoms with Gasteiger partial charge in [-0.25, -0.2) is 0 Å². The zero-order valence-electron chi connectivity index (χ0n) is 16.8. The van der Waals surface area contributed by atoms with E-state index in [9.17, 15) is 9.59 Å². The molecule has 0 saturated heterocycles. The minimum absolute atomic E-state index is 0.195. The van der Waals surface area contributed by atoms with Crippen molar-refractivity contribution < 1.29 is 28.5 Å². The maximum absolute atomic E-state index is 12.5. The largest absolute Gasteiger partial charge is 0.493 e. The lowest BCUT2D eigenvalue weighted by molar-refractivity contribution is -0.156. The Bertz CT molecular complexity index is 1170. The SMILES string of the molecule is COc1ccc(-c2cc(=O)c3cccc(Cl)c3o2)cc1OCCOC1CCC1C(=O)O. The molecule has 0 radical (unpaired) electrons. The Balaban J connectivity index is 1.51. The highest BCUT2D eigenvalue weighted by atomic mass is 35.5. The van der Waals surface area contributed by atoms with Gasteiger partial charge in [-0.2, -0.15) is 0 Å². The van der Waals surface area contributed by atoms with Crippen LogP contribution in [0.1, 0.15) is 12.8 Å². The van der Waals surface area contributed by atoms with Crippen LogP contribution in [0.2, 0.25) is 5.02 Å². The highest BCUT2D eigenvalue weighted by Crippen LogP contribution is 2.34. The van der Waals surface area contributed by atoms with Gasteiger partial charge < -0.3 is 23.7 Å². The second-order valence-electron chi connectivity index (χ2n) is 7.24. The Kier molecular flexibility index (Phi) is 6.15. The lowest BCUT2D eigenvalue weighted by Gasteiger charge is -2.33. The van der Waals surface area contributed by atoms with Crippen LogP contribution in [0.25, 0.3) is 22.3 Å². The third-order valence-electron chi connectivity index (χ3n) is 5.36. The molecular weight excluding hydrogens is 424 g/mol. The first-order valence-corrected chi connectivity index (χ1v) is 10.2. The predicted molar refractivity (Wildman–Crippen MR) is 115 cm³/mol. The first-order valence-electron chi connectivity index (χ1n) is 9.86. The van der Waals surface area contributed by atoms with E-state index < -0.39 is 11.9 Å². The fourth-order valence-electron chi connectivity index (χ4n) is 3.53. The zero-order chi connectivity index (χ0) is 22.0. The molecular formula is C23H21ClO7. The molecule has 0 aliphatic heterocycles. The van der Waals surface area contributed by atoms with Gasteiger partial charge in [0.25, 0.3) is 0 Å². The van der Waals surface area contributed by atoms with Crippen LogP contribution in [-0.4, -0.2) is 37.5 Å². The van der Waals surface area contributed by atoms with Crippen molar-refractivity contribution in [3.8, 4) is 22.8 Å². The van der Waals surface area contributed by atoms with Crippen molar-refractivity contribution in [2.24, 2.45) is 5.92 Å². The fourth-order valence-corrected chi connectivity index (χ4v) is 3.74. The topological polar surface area (TPSA) is 95.2 Å². The van der Waals surface area contributed by atoms with Gasteiger partial charge in [-0.05, 0) is 43.2 Å². The number of hydrogen-bond acceptors (Lipinski definition) is 6. The Labute approximate surface area is 183 Å². The molecule has 7 nitrogen and oxygen atoms in total. The minimum Gasteiger partial charge on any atom is -0.493 e. The molecule has 2 aromatic carbocycles. The molecule has 4 rings (SSSR count). The third kappa shape index (κ3) is 4.38. The maximum Gasteiger partial charge on any atom is 0.309 e. The third-order valence-corrected chi connectivity index (χ3v) is 5.65. The first kappa shape index (κ1) is 21.2. The number of halogens is 1. The number of ether oxygens (including phenoxy) is 3. The quantitative estimate of drug-likeness (QED) is 0.515. The normalized spacial score (nSPS) is 17.9. The summed E-state index contributed by atoms with van der Waals surface area (Å²) < 4.78 is 22.7. The second kappa shape index (κ2) is 8.99. The summed E-state index contributed by atoms with van der Waals surface area (Å²) in [4.78, 5) is 23.5. The van der Waals surface area contributed by atoms with Crippen LogP contribution >= 0.6 is 11.6 Å². The van der Waals surface area contributed by atoms with Gasteiger partial charge in [-0.3, -0.25) is 9.59 Å². The second-order valence-corrected chi connectivity index (χ2v) is 7.64. The van der Waals surface area contributed by atoms with Gasteiger partial charge in [0, 0.05) is 11.6 Å². The summed E-state index contributed by atoms with van der Waals surface area (Å²) in [5, 5.41) is 9.85. The molecule has 1 fully saturated rings. The number of carboxylic acid groups (broad SMARTS) is 1. The molecule has 2 unspecified atom stereocenters. The lowest BCUT2D eigenvalue weighted by atomic mass is 9.82. The van der Waals surface area contributed by atoms with Crippen molar-refractivity contribution in [1.29, 1.82) is 0 Å². The van der Waals surface area contributed by atoms with E-state index in [0.717, 1.165) is 6.42 Å². The highest BCUT2D eigenvalue weighted by molar-refractivity contribution is 6.34. The standard InChI is InChI=1S/C23H21ClO7/c1-28-19-7-5-13(20-12-17(25)14-3-2-4-16(24)22(14)31-20)11-21(19)30-10-9-29-18-8-6-15(18)23(26)27/h2-5,7,11-12,15,18H,6,8-10H2,1H3,(H,26,27). The van der Waals surface area contributed by atoms with Crippen molar-refractivity contribution >= 4 is 28.5 Å². The van der Waals surface area contributed by atoms with Gasteiger partial charge in [-0.15, -0.1) is 0 Å². The number of para-hydroxylation sites is 1. The molecule has 0 spiro atoms. The van der Waals surface area contributed by atoms with Crippen LogP contribution < -0.4 is 14.9 Å². The lowest BCUT2D eigenvalue weighted by Crippen LogP contribution is -2.40. The van der Waals surface area contributed by atoms with Crippen molar-refractivity contribution in [2.45, 2.75) is 18.9 Å². The molecule has 8 heteroatoms. The monoisotopic (exact) mass is 444 g/mol. The molecule has 1 aliphatic carbocycles. The van der Waals surface area contributed by atoms with Gasteiger partial charge in [0.2, 0.25) is 0 Å². The van der Waals surface area contributed by atoms with E-state index in [0.29, 0.717) is 45.2 Å². The number of carboxylic acids is 1. The molecule has 2 atom stereocenters. The summed E-state index contributed by atoms with van der Waals surface area (Å²) in [7, 11) is 1.53. The first-order chi connectivity index (χ1) is 15.0. The van der Waals surface area contributed by atoms with E-state index in [1.807, 2.05) is 0 Å². The fraction of sp³-hybridized carbons (Fsp3) is 0.304. The number of aliphatic carboxylic acids is 1. The van der Waals surface area contributed by atoms with Crippen molar-refractivity contribution in [2.75, 3.05) is 20.3 Å². The molecule has 1 heterocycles. The van der Waals surface area contributed by atoms with Crippen LogP contribution in [0, 0.1) is 5.92 Å². The molecule has 1 aliphatic rings. The molecule has 1 aromatic heterocycles. The summed E-state index contributed by atoms with van der Waals surface area (Å²) >= 11 is 6.20. The summed E-state index contributed by atoms with van der Waals surface area (Å²) in [5.41, 5.74) is 0.756. The molecule has 0 amide bonds. The van der Waals surface area contributed by atoms with Crippen LogP contribution in [0.4, 0.5) is 0 Å². The van der Waals surface area contributed by atoms with Crippen molar-refractivity contribution in [3.63, 3.8) is 0 Å². The zero-order valence-corrected chi connectivity index (χ0v) is 17.6. The Morgan fingerprint density at radius 1 is 1.16 bits per heavy atom. The van der Waals surface area contributed by atoms with Crippen molar-refractivity contribution in [1.82, 2.24) is 0 Å². The Hall–Kier alpha value is -3.03. The van der Waals surface area contributed by atoms with E-state index in [4.69, 9.17) is 35.3 Å². The van der Waals surface area contributed by atoms with Gasteiger partial charge in [0.15, 0.2) is 22.5 Å². The number of fused-ring (bicyclic) bond motifs is 1. The van der Waals surface area contributed by atoms with E-state index in [1.54, 1.807) is 36.4 Å². The number of methoxy groups -OCH3 is 1. The van der Waals surface area contributed by atoms with E-state index >= 15 is 0 Å². The highest BCUT2D eigenvalue weighted by Gasteiger charge is 2.37. The molecule has 31 heavy (non-hydrogen) atoms. The van der Waals surface area contributed by atoms with Gasteiger partial charge >= 0.3 is 5.97 Å². The summed E-state index contributed by atoms with van der Waals surface area (Å²) in [6.07, 6.45) is 1.10. The summed E-state index contributed by atoms with van der Waals surface area (Å²) in [5.74, 6) is 0.0444. The van der Waals surface area contributed by atoms with E-state index in [1.165, 1.54) is 13.2 Å². The Morgan fingerprint density at radius 2 is 2.00 bits per heavy atom. The molecule has 162 valence electrons. The summed E-state index contributed by atoms with van der Waals surface area (Å²) in [6, 6.07) is 11.6. The van der Waals surface area contributed by atoms with Crippen LogP contribution in [0.5, 0.6) is 11.5 Å². The summed E-state index contributed by atoms with van der Waals surface area (Å²) in [6.45, 7) is 0.471. The Morgan fingerprint density at radius 3 is 2.71 bits per heavy atom. The number of hydrogen-bond donors (Lipinski definition) is 1. The average Bonchev–Trinajstić information content (AvgIpc) is 2.72. The maximum atomic E-state index is 12.5. The van der Waals surface area contributed by atoms with Crippen LogP contribution in [-0.2, 0) is 9.53 Å². The van der Waals surface area contributed by atoms with Crippen molar-refractivity contribution in [3.05, 3.63) is 57.7 Å².